The van der Waals surface area contributed by atoms with Gasteiger partial charge in [-0.2, -0.15) is 5.10 Å². The molecule has 0 atom stereocenters. The van der Waals surface area contributed by atoms with E-state index in [2.05, 4.69) is 5.10 Å². The fourth-order valence-corrected chi connectivity index (χ4v) is 2.22. The minimum absolute atomic E-state index is 0.0895. The third-order valence-corrected chi connectivity index (χ3v) is 3.06. The van der Waals surface area contributed by atoms with Gasteiger partial charge in [-0.1, -0.05) is 18.2 Å². The van der Waals surface area contributed by atoms with Crippen molar-refractivity contribution in [3.63, 3.8) is 0 Å². The first kappa shape index (κ1) is 12.7. The highest BCUT2D eigenvalue weighted by molar-refractivity contribution is 5.97. The van der Waals surface area contributed by atoms with Crippen LogP contribution in [0, 0.1) is 5.82 Å². The molecule has 0 spiro atoms. The molecule has 5 nitrogen and oxygen atoms in total. The predicted octanol–water partition coefficient (Wildman–Crippen LogP) is 2.26. The number of carbonyl (C=O) groups is 1. The Morgan fingerprint density at radius 3 is 3.05 bits per heavy atom. The lowest BCUT2D eigenvalue weighted by Gasteiger charge is -2.06. The van der Waals surface area contributed by atoms with E-state index in [1.54, 1.807) is 29.8 Å². The second-order valence-electron chi connectivity index (χ2n) is 4.30. The van der Waals surface area contributed by atoms with Gasteiger partial charge in [0, 0.05) is 5.56 Å². The van der Waals surface area contributed by atoms with Crippen LogP contribution >= 0.6 is 0 Å². The van der Waals surface area contributed by atoms with Crippen LogP contribution in [0.4, 0.5) is 4.39 Å². The van der Waals surface area contributed by atoms with E-state index >= 15 is 0 Å². The number of halogens is 1. The molecule has 6 heteroatoms. The topological polar surface area (TPSA) is 53.3 Å². The number of ether oxygens (including phenoxy) is 2. The number of fused-ring (bicyclic) bond motifs is 1. The lowest BCUT2D eigenvalue weighted by Crippen LogP contribution is -2.09. The van der Waals surface area contributed by atoms with Crippen LogP contribution in [0.5, 0.6) is 5.88 Å². The second kappa shape index (κ2) is 4.96. The van der Waals surface area contributed by atoms with Crippen LogP contribution in [-0.4, -0.2) is 29.0 Å². The Morgan fingerprint density at radius 2 is 2.30 bits per heavy atom. The van der Waals surface area contributed by atoms with Gasteiger partial charge in [0.15, 0.2) is 5.69 Å². The average molecular weight is 276 g/mol. The lowest BCUT2D eigenvalue weighted by atomic mass is 10.1. The fraction of sp³-hybridized carbons (Fsp3) is 0.286. The van der Waals surface area contributed by atoms with E-state index in [9.17, 15) is 9.18 Å². The Hall–Kier alpha value is -2.37. The lowest BCUT2D eigenvalue weighted by molar-refractivity contribution is 0.0519. The molecule has 1 aliphatic heterocycles. The number of hydrogen-bond donors (Lipinski definition) is 0. The summed E-state index contributed by atoms with van der Waals surface area (Å²) in [5.41, 5.74) is 0.740. The number of carbonyl (C=O) groups excluding carboxylic acids is 1. The molecule has 0 bridgehead atoms. The van der Waals surface area contributed by atoms with E-state index in [1.165, 1.54) is 6.07 Å². The molecule has 0 aliphatic carbocycles. The smallest absolute Gasteiger partial charge is 0.359 e. The van der Waals surface area contributed by atoms with Crippen molar-refractivity contribution < 1.29 is 18.7 Å². The van der Waals surface area contributed by atoms with Crippen molar-refractivity contribution in [1.29, 1.82) is 0 Å². The van der Waals surface area contributed by atoms with Gasteiger partial charge in [-0.25, -0.2) is 13.9 Å². The van der Waals surface area contributed by atoms with Crippen molar-refractivity contribution >= 4 is 5.97 Å². The largest absolute Gasteiger partial charge is 0.475 e. The molecular formula is C14H13FN2O3. The van der Waals surface area contributed by atoms with Crippen LogP contribution in [0.25, 0.3) is 11.1 Å². The molecule has 0 fully saturated rings. The molecule has 0 amide bonds. The zero-order chi connectivity index (χ0) is 14.1. The van der Waals surface area contributed by atoms with E-state index in [4.69, 9.17) is 9.47 Å². The Labute approximate surface area is 114 Å². The third-order valence-electron chi connectivity index (χ3n) is 3.06. The van der Waals surface area contributed by atoms with Crippen LogP contribution in [0.2, 0.25) is 0 Å². The number of nitrogens with zero attached hydrogens (tertiary/aromatic N) is 2. The summed E-state index contributed by atoms with van der Waals surface area (Å²) in [5, 5.41) is 4.18. The van der Waals surface area contributed by atoms with Gasteiger partial charge in [-0.3, -0.25) is 0 Å². The first-order valence-electron chi connectivity index (χ1n) is 6.38. The highest BCUT2D eigenvalue weighted by atomic mass is 19.1. The highest BCUT2D eigenvalue weighted by Crippen LogP contribution is 2.37. The minimum Gasteiger partial charge on any atom is -0.475 e. The molecule has 1 aromatic heterocycles. The first-order chi connectivity index (χ1) is 9.72. The summed E-state index contributed by atoms with van der Waals surface area (Å²) in [6, 6.07) is 6.22. The number of esters is 1. The summed E-state index contributed by atoms with van der Waals surface area (Å²) in [5.74, 6) is -0.584. The van der Waals surface area contributed by atoms with Crippen molar-refractivity contribution in [1.82, 2.24) is 9.78 Å². The summed E-state index contributed by atoms with van der Waals surface area (Å²) >= 11 is 0. The van der Waals surface area contributed by atoms with Crippen LogP contribution in [0.3, 0.4) is 0 Å². The normalized spacial score (nSPS) is 12.9. The quantitative estimate of drug-likeness (QED) is 0.807. The molecule has 0 unspecified atom stereocenters. The van der Waals surface area contributed by atoms with Crippen molar-refractivity contribution in [3.8, 4) is 17.0 Å². The summed E-state index contributed by atoms with van der Waals surface area (Å²) in [4.78, 5) is 12.0. The van der Waals surface area contributed by atoms with Gasteiger partial charge in [0.05, 0.1) is 18.7 Å². The molecule has 0 radical (unpaired) electrons. The summed E-state index contributed by atoms with van der Waals surface area (Å²) in [7, 11) is 0. The Kier molecular flexibility index (Phi) is 3.14. The van der Waals surface area contributed by atoms with Gasteiger partial charge >= 0.3 is 5.97 Å². The van der Waals surface area contributed by atoms with E-state index in [0.717, 1.165) is 0 Å². The monoisotopic (exact) mass is 276 g/mol. The summed E-state index contributed by atoms with van der Waals surface area (Å²) in [6.45, 7) is 2.95. The summed E-state index contributed by atoms with van der Waals surface area (Å²) < 4.78 is 26.0. The zero-order valence-electron chi connectivity index (χ0n) is 10.9. The minimum atomic E-state index is -0.573. The molecule has 0 N–H and O–H groups in total. The van der Waals surface area contributed by atoms with Crippen LogP contribution < -0.4 is 4.74 Å². The van der Waals surface area contributed by atoms with Gasteiger partial charge in [0.1, 0.15) is 12.4 Å². The molecule has 1 aromatic carbocycles. The number of aromatic nitrogens is 2. The third kappa shape index (κ3) is 1.93. The first-order valence-corrected chi connectivity index (χ1v) is 6.38. The van der Waals surface area contributed by atoms with E-state index in [-0.39, 0.29) is 12.3 Å². The van der Waals surface area contributed by atoms with Gasteiger partial charge < -0.3 is 9.47 Å². The molecule has 0 saturated heterocycles. The molecule has 20 heavy (non-hydrogen) atoms. The number of benzene rings is 1. The maximum atomic E-state index is 14.0. The zero-order valence-corrected chi connectivity index (χ0v) is 10.9. The van der Waals surface area contributed by atoms with E-state index < -0.39 is 11.8 Å². The Morgan fingerprint density at radius 1 is 1.50 bits per heavy atom. The van der Waals surface area contributed by atoms with Gasteiger partial charge in [0.2, 0.25) is 5.88 Å². The van der Waals surface area contributed by atoms with Crippen molar-refractivity contribution in [2.75, 3.05) is 13.2 Å². The molecule has 104 valence electrons. The second-order valence-corrected chi connectivity index (χ2v) is 4.30. The Bertz CT molecular complexity index is 666. The Balaban J connectivity index is 2.18. The standard InChI is InChI=1S/C14H13FN2O3/c1-2-19-14(18)12-11(9-5-3-4-6-10(9)15)13-17(16-12)7-8-20-13/h3-6H,2,7-8H2,1H3. The van der Waals surface area contributed by atoms with Crippen molar-refractivity contribution in [2.45, 2.75) is 13.5 Å². The molecule has 1 aliphatic rings. The van der Waals surface area contributed by atoms with Crippen molar-refractivity contribution in [3.05, 3.63) is 35.8 Å². The molecule has 3 rings (SSSR count). The number of hydrogen-bond acceptors (Lipinski definition) is 4. The molecular weight excluding hydrogens is 263 g/mol. The SMILES string of the molecule is CCOC(=O)c1nn2c(c1-c1ccccc1F)OCC2. The maximum Gasteiger partial charge on any atom is 0.359 e. The van der Waals surface area contributed by atoms with E-state index in [1.807, 2.05) is 0 Å². The van der Waals surface area contributed by atoms with E-state index in [0.29, 0.717) is 30.2 Å². The molecule has 2 heterocycles. The average Bonchev–Trinajstić information content (AvgIpc) is 3.00. The van der Waals surface area contributed by atoms with Crippen LogP contribution in [0.1, 0.15) is 17.4 Å². The van der Waals surface area contributed by atoms with Crippen molar-refractivity contribution in [2.24, 2.45) is 0 Å². The molecule has 2 aromatic rings. The maximum absolute atomic E-state index is 14.0. The molecule has 0 saturated carbocycles. The predicted molar refractivity (Wildman–Crippen MR) is 69.1 cm³/mol. The highest BCUT2D eigenvalue weighted by Gasteiger charge is 2.30. The van der Waals surface area contributed by atoms with Gasteiger partial charge in [-0.05, 0) is 13.0 Å². The number of rotatable bonds is 3. The van der Waals surface area contributed by atoms with Crippen LogP contribution in [0.15, 0.2) is 24.3 Å². The summed E-state index contributed by atoms with van der Waals surface area (Å²) in [6.07, 6.45) is 0. The van der Waals surface area contributed by atoms with Gasteiger partial charge in [0.25, 0.3) is 0 Å². The fourth-order valence-electron chi connectivity index (χ4n) is 2.22. The van der Waals surface area contributed by atoms with Crippen LogP contribution in [-0.2, 0) is 11.3 Å². The van der Waals surface area contributed by atoms with Gasteiger partial charge in [-0.15, -0.1) is 0 Å².